The fourth-order valence-electron chi connectivity index (χ4n) is 4.45. The number of carbonyl (C=O) groups excluding carboxylic acids is 2. The molecule has 3 aromatic rings. The lowest BCUT2D eigenvalue weighted by atomic mass is 10.0. The van der Waals surface area contributed by atoms with Crippen molar-refractivity contribution in [3.63, 3.8) is 0 Å². The van der Waals surface area contributed by atoms with Crippen molar-refractivity contribution in [1.82, 2.24) is 5.32 Å². The van der Waals surface area contributed by atoms with Gasteiger partial charge in [0.05, 0.1) is 18.6 Å². The minimum absolute atomic E-state index is 0.0408. The molecule has 0 saturated heterocycles. The number of anilines is 2. The van der Waals surface area contributed by atoms with Crippen LogP contribution in [0.4, 0.5) is 11.4 Å². The number of para-hydroxylation sites is 1. The van der Waals surface area contributed by atoms with E-state index in [0.717, 1.165) is 34.5 Å². The Hall–Kier alpha value is -3.64. The van der Waals surface area contributed by atoms with Crippen molar-refractivity contribution in [3.8, 4) is 0 Å². The van der Waals surface area contributed by atoms with E-state index >= 15 is 0 Å². The summed E-state index contributed by atoms with van der Waals surface area (Å²) in [5, 5.41) is 3.30. The molecule has 0 bridgehead atoms. The van der Waals surface area contributed by atoms with Crippen LogP contribution in [0.3, 0.4) is 0 Å². The summed E-state index contributed by atoms with van der Waals surface area (Å²) in [6.45, 7) is 0.460. The number of benzene rings is 3. The normalized spacial score (nSPS) is 16.5. The lowest BCUT2D eigenvalue weighted by Gasteiger charge is -2.28. The van der Waals surface area contributed by atoms with Crippen molar-refractivity contribution in [2.24, 2.45) is 5.73 Å². The summed E-state index contributed by atoms with van der Waals surface area (Å²) in [6, 6.07) is 24.9. The molecule has 176 valence electrons. The van der Waals surface area contributed by atoms with Gasteiger partial charge in [-0.05, 0) is 54.2 Å². The van der Waals surface area contributed by atoms with Gasteiger partial charge < -0.3 is 15.5 Å². The van der Waals surface area contributed by atoms with Crippen LogP contribution < -0.4 is 20.9 Å². The molecule has 0 aliphatic carbocycles. The highest BCUT2D eigenvalue weighted by molar-refractivity contribution is 5.99. The molecular weight excluding hydrogens is 424 g/mol. The maximum Gasteiger partial charge on any atom is 0.244 e. The molecule has 6 nitrogen and oxygen atoms in total. The highest BCUT2D eigenvalue weighted by Gasteiger charge is 2.33. The number of nitrogens with two attached hydrogens (primary N) is 1. The van der Waals surface area contributed by atoms with Gasteiger partial charge >= 0.3 is 0 Å². The standard InChI is InChI=1S/C28H32N4O2/c1-31(2)23-15-12-21(13-16-23)19-32-26-11-7-6-10-22(26)14-17-24(28(32)34)30-25(27(29)33)18-20-8-4-3-5-9-20/h3-13,15-16,24-25,30H,14,17-19H2,1-2H3,(H2,29,33)/t24-,25?/m0/s1. The largest absolute Gasteiger partial charge is 0.378 e. The summed E-state index contributed by atoms with van der Waals surface area (Å²) in [4.78, 5) is 30.0. The molecule has 2 atom stereocenters. The van der Waals surface area contributed by atoms with E-state index in [2.05, 4.69) is 35.6 Å². The van der Waals surface area contributed by atoms with E-state index in [4.69, 9.17) is 5.73 Å². The lowest BCUT2D eigenvalue weighted by Crippen LogP contribution is -2.53. The molecule has 2 amide bonds. The van der Waals surface area contributed by atoms with Crippen molar-refractivity contribution >= 4 is 23.2 Å². The zero-order valence-corrected chi connectivity index (χ0v) is 19.8. The van der Waals surface area contributed by atoms with Crippen LogP contribution in [0.15, 0.2) is 78.9 Å². The van der Waals surface area contributed by atoms with Gasteiger partial charge in [0.15, 0.2) is 0 Å². The zero-order chi connectivity index (χ0) is 24.1. The van der Waals surface area contributed by atoms with Crippen LogP contribution in [0, 0.1) is 0 Å². The molecule has 1 aliphatic rings. The number of amides is 2. The van der Waals surface area contributed by atoms with Gasteiger partial charge in [-0.2, -0.15) is 0 Å². The zero-order valence-electron chi connectivity index (χ0n) is 19.8. The van der Waals surface area contributed by atoms with Gasteiger partial charge in [0.1, 0.15) is 0 Å². The Morgan fingerprint density at radius 2 is 1.68 bits per heavy atom. The summed E-state index contributed by atoms with van der Waals surface area (Å²) >= 11 is 0. The maximum atomic E-state index is 13.8. The summed E-state index contributed by atoms with van der Waals surface area (Å²) in [5.74, 6) is -0.495. The summed E-state index contributed by atoms with van der Waals surface area (Å²) < 4.78 is 0. The number of fused-ring (bicyclic) bond motifs is 1. The fourth-order valence-corrected chi connectivity index (χ4v) is 4.45. The van der Waals surface area contributed by atoms with Crippen LogP contribution >= 0.6 is 0 Å². The van der Waals surface area contributed by atoms with Crippen molar-refractivity contribution in [1.29, 1.82) is 0 Å². The third-order valence-corrected chi connectivity index (χ3v) is 6.37. The highest BCUT2D eigenvalue weighted by atomic mass is 16.2. The van der Waals surface area contributed by atoms with Crippen LogP contribution in [-0.2, 0) is 29.0 Å². The predicted molar refractivity (Wildman–Crippen MR) is 137 cm³/mol. The summed E-state index contributed by atoms with van der Waals surface area (Å²) in [6.07, 6.45) is 1.79. The molecule has 4 rings (SSSR count). The van der Waals surface area contributed by atoms with Crippen LogP contribution in [-0.4, -0.2) is 38.0 Å². The Morgan fingerprint density at radius 1 is 1.00 bits per heavy atom. The maximum absolute atomic E-state index is 13.8. The van der Waals surface area contributed by atoms with Crippen LogP contribution in [0.2, 0.25) is 0 Å². The first-order valence-corrected chi connectivity index (χ1v) is 11.7. The van der Waals surface area contributed by atoms with Crippen molar-refractivity contribution in [3.05, 3.63) is 95.6 Å². The molecule has 6 heteroatoms. The first kappa shape index (κ1) is 23.5. The Balaban J connectivity index is 1.59. The second-order valence-electron chi connectivity index (χ2n) is 9.02. The molecule has 0 saturated carbocycles. The summed E-state index contributed by atoms with van der Waals surface area (Å²) in [7, 11) is 4.01. The Morgan fingerprint density at radius 3 is 2.35 bits per heavy atom. The number of carbonyl (C=O) groups is 2. The molecule has 34 heavy (non-hydrogen) atoms. The van der Waals surface area contributed by atoms with Gasteiger partial charge in [-0.15, -0.1) is 0 Å². The number of primary amides is 1. The van der Waals surface area contributed by atoms with E-state index in [1.807, 2.05) is 72.4 Å². The number of nitrogens with zero attached hydrogens (tertiary/aromatic N) is 2. The number of hydrogen-bond acceptors (Lipinski definition) is 4. The van der Waals surface area contributed by atoms with Gasteiger partial charge in [0.2, 0.25) is 11.8 Å². The molecule has 0 spiro atoms. The summed E-state index contributed by atoms with van der Waals surface area (Å²) in [5.41, 5.74) is 10.9. The predicted octanol–water partition coefficient (Wildman–Crippen LogP) is 3.29. The van der Waals surface area contributed by atoms with E-state index in [9.17, 15) is 9.59 Å². The second-order valence-corrected chi connectivity index (χ2v) is 9.02. The minimum atomic E-state index is -0.626. The fraction of sp³-hybridized carbons (Fsp3) is 0.286. The topological polar surface area (TPSA) is 78.7 Å². The number of hydrogen-bond donors (Lipinski definition) is 2. The molecular formula is C28H32N4O2. The Bertz CT molecular complexity index is 1130. The van der Waals surface area contributed by atoms with Gasteiger partial charge in [0.25, 0.3) is 0 Å². The molecule has 3 N–H and O–H groups in total. The van der Waals surface area contributed by atoms with Crippen molar-refractivity contribution in [2.75, 3.05) is 23.9 Å². The van der Waals surface area contributed by atoms with Gasteiger partial charge in [0, 0.05) is 25.5 Å². The van der Waals surface area contributed by atoms with E-state index in [1.165, 1.54) is 0 Å². The number of nitrogens with one attached hydrogen (secondary N) is 1. The smallest absolute Gasteiger partial charge is 0.244 e. The third kappa shape index (κ3) is 5.46. The first-order valence-electron chi connectivity index (χ1n) is 11.7. The molecule has 3 aromatic carbocycles. The van der Waals surface area contributed by atoms with E-state index in [-0.39, 0.29) is 5.91 Å². The molecule has 1 aliphatic heterocycles. The Labute approximate surface area is 201 Å². The third-order valence-electron chi connectivity index (χ3n) is 6.37. The SMILES string of the molecule is CN(C)c1ccc(CN2C(=O)[C@@H](NC(Cc3ccccc3)C(N)=O)CCc3ccccc32)cc1. The second kappa shape index (κ2) is 10.5. The molecule has 0 radical (unpaired) electrons. The van der Waals surface area contributed by atoms with Crippen LogP contribution in [0.25, 0.3) is 0 Å². The number of aryl methyl sites for hydroxylation is 1. The van der Waals surface area contributed by atoms with E-state index in [0.29, 0.717) is 19.4 Å². The van der Waals surface area contributed by atoms with Crippen LogP contribution in [0.1, 0.15) is 23.1 Å². The average molecular weight is 457 g/mol. The molecule has 1 unspecified atom stereocenters. The van der Waals surface area contributed by atoms with E-state index in [1.54, 1.807) is 0 Å². The molecule has 1 heterocycles. The van der Waals surface area contributed by atoms with E-state index < -0.39 is 18.0 Å². The van der Waals surface area contributed by atoms with Gasteiger partial charge in [-0.3, -0.25) is 14.9 Å². The van der Waals surface area contributed by atoms with Gasteiger partial charge in [-0.25, -0.2) is 0 Å². The van der Waals surface area contributed by atoms with Gasteiger partial charge in [-0.1, -0.05) is 60.7 Å². The van der Waals surface area contributed by atoms with Crippen molar-refractivity contribution in [2.45, 2.75) is 37.9 Å². The van der Waals surface area contributed by atoms with Crippen LogP contribution in [0.5, 0.6) is 0 Å². The quantitative estimate of drug-likeness (QED) is 0.545. The average Bonchev–Trinajstić information content (AvgIpc) is 2.97. The van der Waals surface area contributed by atoms with Crippen molar-refractivity contribution < 1.29 is 9.59 Å². The lowest BCUT2D eigenvalue weighted by molar-refractivity contribution is -0.122. The molecule has 0 aromatic heterocycles. The highest BCUT2D eigenvalue weighted by Crippen LogP contribution is 2.29. The number of rotatable bonds is 8. The molecule has 0 fully saturated rings. The Kier molecular flexibility index (Phi) is 7.28. The first-order chi connectivity index (χ1) is 16.4. The monoisotopic (exact) mass is 456 g/mol. The minimum Gasteiger partial charge on any atom is -0.378 e.